The topological polar surface area (TPSA) is 115 Å². The Balaban J connectivity index is 1.64. The number of non-ortho nitro benzene ring substituents is 1. The van der Waals surface area contributed by atoms with Crippen molar-refractivity contribution >= 4 is 29.6 Å². The highest BCUT2D eigenvalue weighted by Crippen LogP contribution is 2.22. The molecule has 0 atom stereocenters. The van der Waals surface area contributed by atoms with Gasteiger partial charge in [0, 0.05) is 46.2 Å². The zero-order valence-corrected chi connectivity index (χ0v) is 18.4. The second kappa shape index (κ2) is 9.52. The highest BCUT2D eigenvalue weighted by atomic mass is 32.2. The fourth-order valence-electron chi connectivity index (χ4n) is 3.13. The minimum Gasteiger partial charge on any atom is -0.318 e. The lowest BCUT2D eigenvalue weighted by Crippen LogP contribution is -2.19. The van der Waals surface area contributed by atoms with Crippen molar-refractivity contribution in [1.29, 1.82) is 0 Å². The lowest BCUT2D eigenvalue weighted by atomic mass is 10.2. The van der Waals surface area contributed by atoms with E-state index in [1.165, 1.54) is 23.9 Å². The smallest absolute Gasteiger partial charge is 0.269 e. The van der Waals surface area contributed by atoms with Crippen molar-refractivity contribution in [3.8, 4) is 5.69 Å². The molecule has 0 fully saturated rings. The van der Waals surface area contributed by atoms with Gasteiger partial charge in [-0.05, 0) is 52.0 Å². The van der Waals surface area contributed by atoms with E-state index in [9.17, 15) is 14.9 Å². The lowest BCUT2D eigenvalue weighted by molar-refractivity contribution is -0.384. The first kappa shape index (κ1) is 22.2. The number of nitro benzene ring substituents is 1. The summed E-state index contributed by atoms with van der Waals surface area (Å²) >= 11 is 1.25. The number of nitro groups is 1. The Morgan fingerprint density at radius 3 is 2.42 bits per heavy atom. The van der Waals surface area contributed by atoms with Gasteiger partial charge in [0.05, 0.1) is 16.9 Å². The Kier molecular flexibility index (Phi) is 6.81. The average molecular weight is 439 g/mol. The van der Waals surface area contributed by atoms with Gasteiger partial charge in [-0.25, -0.2) is 15.4 Å². The van der Waals surface area contributed by atoms with Crippen LogP contribution < -0.4 is 5.43 Å². The molecule has 1 amide bonds. The van der Waals surface area contributed by atoms with Crippen LogP contribution in [-0.4, -0.2) is 37.3 Å². The number of benzene rings is 1. The third kappa shape index (κ3) is 5.54. The van der Waals surface area contributed by atoms with Crippen molar-refractivity contribution < 1.29 is 9.72 Å². The number of aromatic nitrogens is 3. The second-order valence-corrected chi connectivity index (χ2v) is 7.89. The number of nitrogens with zero attached hydrogens (tertiary/aromatic N) is 5. The average Bonchev–Trinajstić information content (AvgIpc) is 2.99. The molecule has 3 rings (SSSR count). The van der Waals surface area contributed by atoms with Gasteiger partial charge in [0.15, 0.2) is 5.16 Å². The lowest BCUT2D eigenvalue weighted by Gasteiger charge is -2.09. The van der Waals surface area contributed by atoms with Gasteiger partial charge in [-0.1, -0.05) is 11.8 Å². The maximum Gasteiger partial charge on any atom is 0.269 e. The zero-order chi connectivity index (χ0) is 22.5. The van der Waals surface area contributed by atoms with Crippen LogP contribution in [0.25, 0.3) is 5.69 Å². The summed E-state index contributed by atoms with van der Waals surface area (Å²) in [5, 5.41) is 15.5. The van der Waals surface area contributed by atoms with E-state index in [1.807, 2.05) is 44.4 Å². The molecule has 0 aliphatic carbocycles. The van der Waals surface area contributed by atoms with E-state index < -0.39 is 4.92 Å². The number of nitrogens with one attached hydrogen (secondary N) is 1. The van der Waals surface area contributed by atoms with Gasteiger partial charge in [0.2, 0.25) is 0 Å². The molecule has 3 aromatic rings. The first-order valence-electron chi connectivity index (χ1n) is 9.45. The van der Waals surface area contributed by atoms with E-state index in [0.29, 0.717) is 5.16 Å². The van der Waals surface area contributed by atoms with Gasteiger partial charge in [0.25, 0.3) is 11.6 Å². The van der Waals surface area contributed by atoms with Gasteiger partial charge in [-0.3, -0.25) is 14.9 Å². The summed E-state index contributed by atoms with van der Waals surface area (Å²) in [7, 11) is 0. The Hall–Kier alpha value is -3.53. The van der Waals surface area contributed by atoms with Crippen molar-refractivity contribution in [2.24, 2.45) is 5.10 Å². The molecule has 9 nitrogen and oxygen atoms in total. The first-order valence-corrected chi connectivity index (χ1v) is 10.4. The first-order chi connectivity index (χ1) is 14.7. The summed E-state index contributed by atoms with van der Waals surface area (Å²) in [6, 6.07) is 10.2. The van der Waals surface area contributed by atoms with Crippen molar-refractivity contribution in [2.75, 3.05) is 5.75 Å². The van der Waals surface area contributed by atoms with Gasteiger partial charge in [-0.15, -0.1) is 0 Å². The van der Waals surface area contributed by atoms with Gasteiger partial charge in [0.1, 0.15) is 0 Å². The maximum absolute atomic E-state index is 12.1. The Labute approximate surface area is 183 Å². The molecule has 0 saturated heterocycles. The SMILES string of the molecule is Cc1cc(C)nc(SCC(=O)N/N=C/c2cc(C)n(-c3ccc([N+](=O)[O-])cc3)c2C)n1. The molecule has 0 radical (unpaired) electrons. The number of hydrazone groups is 1. The number of aryl methyl sites for hydroxylation is 3. The quantitative estimate of drug-likeness (QED) is 0.198. The van der Waals surface area contributed by atoms with Crippen molar-refractivity contribution in [3.63, 3.8) is 0 Å². The highest BCUT2D eigenvalue weighted by Gasteiger charge is 2.12. The van der Waals surface area contributed by atoms with Gasteiger partial charge >= 0.3 is 0 Å². The van der Waals surface area contributed by atoms with Crippen LogP contribution in [-0.2, 0) is 4.79 Å². The largest absolute Gasteiger partial charge is 0.318 e. The van der Waals surface area contributed by atoms with Crippen molar-refractivity contribution in [2.45, 2.75) is 32.9 Å². The molecule has 31 heavy (non-hydrogen) atoms. The second-order valence-electron chi connectivity index (χ2n) is 6.95. The summed E-state index contributed by atoms with van der Waals surface area (Å²) in [6.45, 7) is 7.63. The fraction of sp³-hybridized carbons (Fsp3) is 0.238. The normalized spacial score (nSPS) is 11.1. The van der Waals surface area contributed by atoms with Gasteiger partial charge < -0.3 is 4.57 Å². The minimum atomic E-state index is -0.426. The highest BCUT2D eigenvalue weighted by molar-refractivity contribution is 7.99. The number of hydrogen-bond acceptors (Lipinski definition) is 7. The van der Waals surface area contributed by atoms with Crippen molar-refractivity contribution in [3.05, 3.63) is 74.9 Å². The molecule has 0 spiro atoms. The van der Waals surface area contributed by atoms with E-state index in [4.69, 9.17) is 0 Å². The van der Waals surface area contributed by atoms with Crippen LogP contribution >= 0.6 is 11.8 Å². The van der Waals surface area contributed by atoms with Crippen LogP contribution in [0.2, 0.25) is 0 Å². The molecule has 10 heteroatoms. The molecule has 0 bridgehead atoms. The maximum atomic E-state index is 12.1. The Morgan fingerprint density at radius 1 is 1.16 bits per heavy atom. The predicted molar refractivity (Wildman–Crippen MR) is 120 cm³/mol. The van der Waals surface area contributed by atoms with Crippen LogP contribution in [0, 0.1) is 37.8 Å². The number of carbonyl (C=O) groups excluding carboxylic acids is 1. The molecule has 1 N–H and O–H groups in total. The van der Waals surface area contributed by atoms with E-state index in [-0.39, 0.29) is 17.3 Å². The minimum absolute atomic E-state index is 0.0415. The molecular weight excluding hydrogens is 416 g/mol. The standard InChI is InChI=1S/C21H22N6O3S/c1-13-9-14(2)24-21(23-13)31-12-20(28)25-22-11-17-10-15(3)26(16(17)4)18-5-7-19(8-6-18)27(29)30/h5-11H,12H2,1-4H3,(H,25,28)/b22-11+. The monoisotopic (exact) mass is 438 g/mol. The molecule has 2 aromatic heterocycles. The van der Waals surface area contributed by atoms with E-state index in [0.717, 1.165) is 34.0 Å². The van der Waals surface area contributed by atoms with Crippen LogP contribution in [0.3, 0.4) is 0 Å². The van der Waals surface area contributed by atoms with E-state index >= 15 is 0 Å². The molecule has 0 unspecified atom stereocenters. The third-order valence-corrected chi connectivity index (χ3v) is 5.32. The summed E-state index contributed by atoms with van der Waals surface area (Å²) in [5.74, 6) is -0.101. The number of thioether (sulfide) groups is 1. The molecule has 1 aromatic carbocycles. The van der Waals surface area contributed by atoms with E-state index in [1.54, 1.807) is 18.3 Å². The summed E-state index contributed by atoms with van der Waals surface area (Å²) < 4.78 is 1.97. The third-order valence-electron chi connectivity index (χ3n) is 4.48. The molecule has 0 saturated carbocycles. The number of carbonyl (C=O) groups is 1. The summed E-state index contributed by atoms with van der Waals surface area (Å²) in [5.41, 5.74) is 7.77. The molecular formula is C21H22N6O3S. The van der Waals surface area contributed by atoms with Crippen LogP contribution in [0.4, 0.5) is 5.69 Å². The summed E-state index contributed by atoms with van der Waals surface area (Å²) in [6.07, 6.45) is 1.58. The number of rotatable bonds is 7. The number of hydrogen-bond donors (Lipinski definition) is 1. The van der Waals surface area contributed by atoms with Crippen LogP contribution in [0.15, 0.2) is 46.7 Å². The van der Waals surface area contributed by atoms with E-state index in [2.05, 4.69) is 20.5 Å². The van der Waals surface area contributed by atoms with Gasteiger partial charge in [-0.2, -0.15) is 5.10 Å². The number of amides is 1. The predicted octanol–water partition coefficient (Wildman–Crippen LogP) is 3.65. The molecule has 0 aliphatic heterocycles. The Bertz CT molecular complexity index is 1130. The zero-order valence-electron chi connectivity index (χ0n) is 17.6. The van der Waals surface area contributed by atoms with Crippen molar-refractivity contribution in [1.82, 2.24) is 20.0 Å². The summed E-state index contributed by atoms with van der Waals surface area (Å²) in [4.78, 5) is 31.1. The van der Waals surface area contributed by atoms with Crippen LogP contribution in [0.5, 0.6) is 0 Å². The molecule has 2 heterocycles. The Morgan fingerprint density at radius 2 is 1.81 bits per heavy atom. The van der Waals surface area contributed by atoms with Crippen LogP contribution in [0.1, 0.15) is 28.3 Å². The molecule has 0 aliphatic rings. The fourth-order valence-corrected chi connectivity index (χ4v) is 3.88. The molecule has 160 valence electrons.